The molecule has 0 bridgehead atoms. The number of tetrazole rings is 1. The van der Waals surface area contributed by atoms with Gasteiger partial charge in [-0.3, -0.25) is 14.1 Å². The van der Waals surface area contributed by atoms with E-state index in [1.54, 1.807) is 0 Å². The Hall–Kier alpha value is -3.55. The summed E-state index contributed by atoms with van der Waals surface area (Å²) in [6.07, 6.45) is 3.71. The topological polar surface area (TPSA) is 94.3 Å². The number of rotatable bonds is 7. The van der Waals surface area contributed by atoms with Gasteiger partial charge in [0.05, 0.1) is 12.2 Å². The van der Waals surface area contributed by atoms with Gasteiger partial charge in [0.15, 0.2) is 0 Å². The summed E-state index contributed by atoms with van der Waals surface area (Å²) in [6.45, 7) is 8.78. The maximum absolute atomic E-state index is 13.1. The Morgan fingerprint density at radius 2 is 1.87 bits per heavy atom. The number of nitrogens with zero attached hydrogens (tertiary/aromatic N) is 6. The predicted molar refractivity (Wildman–Crippen MR) is 120 cm³/mol. The van der Waals surface area contributed by atoms with E-state index in [1.807, 2.05) is 72.5 Å². The minimum absolute atomic E-state index is 0.0440. The molecule has 0 atom stereocenters. The second-order valence-electron chi connectivity index (χ2n) is 7.95. The molecule has 8 heteroatoms. The Kier molecular flexibility index (Phi) is 5.79. The van der Waals surface area contributed by atoms with Crippen molar-refractivity contribution in [3.05, 3.63) is 70.0 Å². The van der Waals surface area contributed by atoms with Gasteiger partial charge in [-0.05, 0) is 44.0 Å². The van der Waals surface area contributed by atoms with Crippen molar-refractivity contribution in [2.24, 2.45) is 0 Å². The summed E-state index contributed by atoms with van der Waals surface area (Å²) in [5.41, 5.74) is 5.81. The zero-order valence-corrected chi connectivity index (χ0v) is 18.3. The number of hydrogen-bond acceptors (Lipinski definition) is 5. The molecule has 0 unspecified atom stereocenters. The molecule has 0 fully saturated rings. The Balaban J connectivity index is 1.67. The number of aromatic nitrogens is 7. The Bertz CT molecular complexity index is 1220. The number of pyridine rings is 1. The van der Waals surface area contributed by atoms with Gasteiger partial charge in [-0.25, -0.2) is 4.79 Å². The normalized spacial score (nSPS) is 11.4. The lowest BCUT2D eigenvalue weighted by Crippen LogP contribution is -2.27. The summed E-state index contributed by atoms with van der Waals surface area (Å²) in [4.78, 5) is 17.8. The van der Waals surface area contributed by atoms with Gasteiger partial charge in [0.1, 0.15) is 0 Å². The van der Waals surface area contributed by atoms with Gasteiger partial charge in [0, 0.05) is 34.8 Å². The molecule has 3 heterocycles. The summed E-state index contributed by atoms with van der Waals surface area (Å²) in [6, 6.07) is 12.0. The molecule has 0 spiro atoms. The minimum atomic E-state index is 0.0440. The standard InChI is InChI=1S/C23H27N7O/c1-5-8-21-16(4)30(15(2)3)23(31)29(21)14-17-11-12-20(24-13-17)18-9-6-7-10-19(18)22-25-27-28-26-22/h6-7,9-13,15H,5,8,14H2,1-4H3,(H,25,26,27,28). The molecule has 8 nitrogen and oxygen atoms in total. The molecular weight excluding hydrogens is 390 g/mol. The van der Waals surface area contributed by atoms with Gasteiger partial charge < -0.3 is 0 Å². The number of H-pyrrole nitrogens is 1. The summed E-state index contributed by atoms with van der Waals surface area (Å²) < 4.78 is 3.77. The molecule has 0 saturated heterocycles. The SMILES string of the molecule is CCCc1c(C)n(C(C)C)c(=O)n1Cc1ccc(-c2ccccc2-c2nn[nH]n2)nc1. The maximum atomic E-state index is 13.1. The molecule has 1 N–H and O–H groups in total. The van der Waals surface area contributed by atoms with Crippen LogP contribution in [-0.4, -0.2) is 34.7 Å². The molecule has 0 amide bonds. The van der Waals surface area contributed by atoms with Crippen molar-refractivity contribution in [1.29, 1.82) is 0 Å². The third-order valence-electron chi connectivity index (χ3n) is 5.50. The van der Waals surface area contributed by atoms with E-state index in [2.05, 4.69) is 32.5 Å². The first kappa shape index (κ1) is 20.7. The smallest absolute Gasteiger partial charge is 0.294 e. The first-order valence-electron chi connectivity index (χ1n) is 10.6. The van der Waals surface area contributed by atoms with Crippen molar-refractivity contribution in [1.82, 2.24) is 34.7 Å². The van der Waals surface area contributed by atoms with Crippen molar-refractivity contribution in [2.75, 3.05) is 0 Å². The van der Waals surface area contributed by atoms with Crippen LogP contribution in [0.3, 0.4) is 0 Å². The average molecular weight is 418 g/mol. The molecule has 0 saturated carbocycles. The molecule has 160 valence electrons. The molecular formula is C23H27N7O. The molecule has 0 radical (unpaired) electrons. The van der Waals surface area contributed by atoms with E-state index in [1.165, 1.54) is 0 Å². The van der Waals surface area contributed by atoms with Crippen LogP contribution in [-0.2, 0) is 13.0 Å². The van der Waals surface area contributed by atoms with Gasteiger partial charge in [-0.2, -0.15) is 5.21 Å². The lowest BCUT2D eigenvalue weighted by Gasteiger charge is -2.09. The lowest BCUT2D eigenvalue weighted by atomic mass is 10.0. The lowest BCUT2D eigenvalue weighted by molar-refractivity contribution is 0.550. The van der Waals surface area contributed by atoms with Crippen LogP contribution < -0.4 is 5.69 Å². The van der Waals surface area contributed by atoms with Gasteiger partial charge in [0.25, 0.3) is 0 Å². The average Bonchev–Trinajstić information content (AvgIpc) is 3.38. The molecule has 4 rings (SSSR count). The third kappa shape index (κ3) is 3.93. The second kappa shape index (κ2) is 8.67. The highest BCUT2D eigenvalue weighted by atomic mass is 16.1. The summed E-state index contributed by atoms with van der Waals surface area (Å²) in [7, 11) is 0. The van der Waals surface area contributed by atoms with E-state index in [0.29, 0.717) is 12.4 Å². The highest BCUT2D eigenvalue weighted by Gasteiger charge is 2.18. The van der Waals surface area contributed by atoms with Crippen LogP contribution in [0.15, 0.2) is 47.4 Å². The van der Waals surface area contributed by atoms with Crippen LogP contribution in [0.2, 0.25) is 0 Å². The fourth-order valence-electron chi connectivity index (χ4n) is 4.08. The largest absolute Gasteiger partial charge is 0.329 e. The summed E-state index contributed by atoms with van der Waals surface area (Å²) in [5, 5.41) is 14.3. The van der Waals surface area contributed by atoms with Crippen LogP contribution in [0.4, 0.5) is 0 Å². The van der Waals surface area contributed by atoms with E-state index < -0.39 is 0 Å². The van der Waals surface area contributed by atoms with Gasteiger partial charge in [-0.1, -0.05) is 43.7 Å². The number of nitrogens with one attached hydrogen (secondary N) is 1. The monoisotopic (exact) mass is 417 g/mol. The maximum Gasteiger partial charge on any atom is 0.329 e. The van der Waals surface area contributed by atoms with Crippen molar-refractivity contribution in [2.45, 2.75) is 53.1 Å². The van der Waals surface area contributed by atoms with Crippen LogP contribution in [0, 0.1) is 6.92 Å². The summed E-state index contributed by atoms with van der Waals surface area (Å²) in [5.74, 6) is 0.530. The van der Waals surface area contributed by atoms with E-state index in [-0.39, 0.29) is 11.7 Å². The quantitative estimate of drug-likeness (QED) is 0.494. The van der Waals surface area contributed by atoms with Gasteiger partial charge in [0.2, 0.25) is 5.82 Å². The van der Waals surface area contributed by atoms with Crippen LogP contribution >= 0.6 is 0 Å². The first-order valence-corrected chi connectivity index (χ1v) is 10.6. The van der Waals surface area contributed by atoms with Crippen molar-refractivity contribution >= 4 is 0 Å². The fraction of sp³-hybridized carbons (Fsp3) is 0.348. The molecule has 0 aliphatic heterocycles. The van der Waals surface area contributed by atoms with E-state index in [4.69, 9.17) is 0 Å². The highest BCUT2D eigenvalue weighted by molar-refractivity contribution is 5.78. The van der Waals surface area contributed by atoms with Gasteiger partial charge in [-0.15, -0.1) is 10.2 Å². The van der Waals surface area contributed by atoms with Gasteiger partial charge >= 0.3 is 5.69 Å². The van der Waals surface area contributed by atoms with Crippen molar-refractivity contribution in [3.63, 3.8) is 0 Å². The molecule has 31 heavy (non-hydrogen) atoms. The molecule has 4 aromatic rings. The second-order valence-corrected chi connectivity index (χ2v) is 7.95. The number of benzene rings is 1. The van der Waals surface area contributed by atoms with E-state index >= 15 is 0 Å². The minimum Gasteiger partial charge on any atom is -0.294 e. The number of hydrogen-bond donors (Lipinski definition) is 1. The van der Waals surface area contributed by atoms with Crippen LogP contribution in [0.1, 0.15) is 50.2 Å². The molecule has 3 aromatic heterocycles. The Morgan fingerprint density at radius 1 is 1.10 bits per heavy atom. The molecule has 0 aliphatic carbocycles. The first-order chi connectivity index (χ1) is 15.0. The third-order valence-corrected chi connectivity index (χ3v) is 5.50. The predicted octanol–water partition coefficient (Wildman–Crippen LogP) is 3.78. The zero-order chi connectivity index (χ0) is 22.0. The van der Waals surface area contributed by atoms with Crippen molar-refractivity contribution < 1.29 is 0 Å². The number of imidazole rings is 1. The van der Waals surface area contributed by atoms with Crippen LogP contribution in [0.25, 0.3) is 22.6 Å². The number of aromatic amines is 1. The highest BCUT2D eigenvalue weighted by Crippen LogP contribution is 2.28. The van der Waals surface area contributed by atoms with E-state index in [0.717, 1.165) is 46.6 Å². The van der Waals surface area contributed by atoms with E-state index in [9.17, 15) is 4.79 Å². The Morgan fingerprint density at radius 3 is 2.48 bits per heavy atom. The van der Waals surface area contributed by atoms with Crippen LogP contribution in [0.5, 0.6) is 0 Å². The molecule has 0 aliphatic rings. The zero-order valence-electron chi connectivity index (χ0n) is 18.3. The Labute approximate surface area is 181 Å². The van der Waals surface area contributed by atoms with Crippen molar-refractivity contribution in [3.8, 4) is 22.6 Å². The summed E-state index contributed by atoms with van der Waals surface area (Å²) >= 11 is 0. The molecule has 1 aromatic carbocycles. The fourth-order valence-corrected chi connectivity index (χ4v) is 4.08.